The second kappa shape index (κ2) is 6.58. The van der Waals surface area contributed by atoms with E-state index in [-0.39, 0.29) is 11.5 Å². The largest absolute Gasteiger partial charge is 0.497 e. The SMILES string of the molecule is CCc1ccc(N2NC(=O)C(=Cc3ccc(OC)cc3)C2=O)cc1. The Morgan fingerprint density at radius 3 is 2.29 bits per heavy atom. The fraction of sp³-hybridized carbons (Fsp3) is 0.158. The van der Waals surface area contributed by atoms with E-state index >= 15 is 0 Å². The number of methoxy groups -OCH3 is 1. The van der Waals surface area contributed by atoms with Gasteiger partial charge in [-0.25, -0.2) is 5.01 Å². The predicted molar refractivity (Wildman–Crippen MR) is 92.4 cm³/mol. The van der Waals surface area contributed by atoms with Gasteiger partial charge in [-0.1, -0.05) is 31.2 Å². The Hall–Kier alpha value is -3.08. The lowest BCUT2D eigenvalue weighted by molar-refractivity contribution is -0.117. The minimum absolute atomic E-state index is 0.111. The summed E-state index contributed by atoms with van der Waals surface area (Å²) in [7, 11) is 1.59. The lowest BCUT2D eigenvalue weighted by atomic mass is 10.1. The molecule has 1 N–H and O–H groups in total. The minimum atomic E-state index is -0.407. The highest BCUT2D eigenvalue weighted by atomic mass is 16.5. The van der Waals surface area contributed by atoms with Gasteiger partial charge in [0.1, 0.15) is 11.3 Å². The molecular weight excluding hydrogens is 304 g/mol. The third kappa shape index (κ3) is 3.01. The number of hydrogen-bond donors (Lipinski definition) is 1. The van der Waals surface area contributed by atoms with E-state index in [1.165, 1.54) is 10.6 Å². The van der Waals surface area contributed by atoms with Crippen molar-refractivity contribution >= 4 is 23.6 Å². The van der Waals surface area contributed by atoms with Gasteiger partial charge in [0.05, 0.1) is 12.8 Å². The van der Waals surface area contributed by atoms with Crippen molar-refractivity contribution in [2.45, 2.75) is 13.3 Å². The number of amides is 2. The second-order valence-electron chi connectivity index (χ2n) is 5.43. The Kier molecular flexibility index (Phi) is 4.33. The number of aryl methyl sites for hydroxylation is 1. The first-order valence-corrected chi connectivity index (χ1v) is 7.72. The number of benzene rings is 2. The van der Waals surface area contributed by atoms with E-state index in [2.05, 4.69) is 12.3 Å². The Bertz CT molecular complexity index is 792. The summed E-state index contributed by atoms with van der Waals surface area (Å²) in [5.41, 5.74) is 5.29. The van der Waals surface area contributed by atoms with Crippen LogP contribution in [0.2, 0.25) is 0 Å². The van der Waals surface area contributed by atoms with Crippen molar-refractivity contribution in [2.24, 2.45) is 0 Å². The van der Waals surface area contributed by atoms with Gasteiger partial charge in [-0.3, -0.25) is 15.0 Å². The van der Waals surface area contributed by atoms with Crippen molar-refractivity contribution in [3.63, 3.8) is 0 Å². The maximum Gasteiger partial charge on any atom is 0.282 e. The molecule has 24 heavy (non-hydrogen) atoms. The molecule has 2 aromatic rings. The van der Waals surface area contributed by atoms with E-state index < -0.39 is 5.91 Å². The van der Waals surface area contributed by atoms with Gasteiger partial charge in [0.25, 0.3) is 11.8 Å². The van der Waals surface area contributed by atoms with E-state index in [1.807, 2.05) is 24.3 Å². The zero-order valence-electron chi connectivity index (χ0n) is 13.6. The van der Waals surface area contributed by atoms with Crippen LogP contribution < -0.4 is 15.2 Å². The van der Waals surface area contributed by atoms with Crippen molar-refractivity contribution in [3.05, 3.63) is 65.2 Å². The van der Waals surface area contributed by atoms with Crippen molar-refractivity contribution in [2.75, 3.05) is 12.1 Å². The number of rotatable bonds is 4. The average Bonchev–Trinajstić information content (AvgIpc) is 2.90. The average molecular weight is 322 g/mol. The molecule has 1 fully saturated rings. The molecule has 1 heterocycles. The van der Waals surface area contributed by atoms with Gasteiger partial charge in [0.15, 0.2) is 0 Å². The Morgan fingerprint density at radius 1 is 1.04 bits per heavy atom. The highest BCUT2D eigenvalue weighted by molar-refractivity contribution is 6.31. The quantitative estimate of drug-likeness (QED) is 0.695. The topological polar surface area (TPSA) is 58.6 Å². The number of nitrogens with one attached hydrogen (secondary N) is 1. The molecular formula is C19H18N2O3. The molecule has 1 aliphatic heterocycles. The molecule has 0 radical (unpaired) electrons. The maximum absolute atomic E-state index is 12.5. The third-order valence-corrected chi connectivity index (χ3v) is 3.92. The van der Waals surface area contributed by atoms with Crippen LogP contribution in [0.15, 0.2) is 54.1 Å². The first-order valence-electron chi connectivity index (χ1n) is 7.72. The van der Waals surface area contributed by atoms with E-state index in [0.717, 1.165) is 17.7 Å². The third-order valence-electron chi connectivity index (χ3n) is 3.92. The van der Waals surface area contributed by atoms with Gasteiger partial charge in [-0.2, -0.15) is 0 Å². The minimum Gasteiger partial charge on any atom is -0.497 e. The summed E-state index contributed by atoms with van der Waals surface area (Å²) in [6.07, 6.45) is 2.50. The van der Waals surface area contributed by atoms with Crippen molar-refractivity contribution in [1.82, 2.24) is 5.43 Å². The Labute approximate surface area is 140 Å². The summed E-state index contributed by atoms with van der Waals surface area (Å²) in [6.45, 7) is 2.06. The van der Waals surface area contributed by atoms with E-state index in [9.17, 15) is 9.59 Å². The number of carbonyl (C=O) groups is 2. The molecule has 0 atom stereocenters. The number of nitrogens with zero attached hydrogens (tertiary/aromatic N) is 1. The summed E-state index contributed by atoms with van der Waals surface area (Å²) >= 11 is 0. The first-order chi connectivity index (χ1) is 11.6. The molecule has 0 bridgehead atoms. The number of anilines is 1. The molecule has 0 aromatic heterocycles. The monoisotopic (exact) mass is 322 g/mol. The van der Waals surface area contributed by atoms with Gasteiger partial charge in [-0.15, -0.1) is 0 Å². The zero-order valence-corrected chi connectivity index (χ0v) is 13.6. The fourth-order valence-electron chi connectivity index (χ4n) is 2.49. The summed E-state index contributed by atoms with van der Waals surface area (Å²) in [5.74, 6) is -0.0487. The summed E-state index contributed by atoms with van der Waals surface area (Å²) < 4.78 is 5.10. The molecule has 2 aromatic carbocycles. The van der Waals surface area contributed by atoms with Crippen LogP contribution in [0.4, 0.5) is 5.69 Å². The van der Waals surface area contributed by atoms with Gasteiger partial charge in [0, 0.05) is 0 Å². The van der Waals surface area contributed by atoms with Crippen LogP contribution in [0.5, 0.6) is 5.75 Å². The Morgan fingerprint density at radius 2 is 1.71 bits per heavy atom. The molecule has 122 valence electrons. The van der Waals surface area contributed by atoms with Gasteiger partial charge in [0.2, 0.25) is 0 Å². The van der Waals surface area contributed by atoms with Gasteiger partial charge in [-0.05, 0) is 47.9 Å². The number of ether oxygens (including phenoxy) is 1. The van der Waals surface area contributed by atoms with E-state index in [4.69, 9.17) is 4.74 Å². The second-order valence-corrected chi connectivity index (χ2v) is 5.43. The van der Waals surface area contributed by atoms with Crippen LogP contribution >= 0.6 is 0 Å². The normalized spacial score (nSPS) is 15.8. The molecule has 0 saturated carbocycles. The lowest BCUT2D eigenvalue weighted by Gasteiger charge is -2.14. The van der Waals surface area contributed by atoms with Gasteiger partial charge >= 0.3 is 0 Å². The summed E-state index contributed by atoms with van der Waals surface area (Å²) in [4.78, 5) is 24.7. The molecule has 5 nitrogen and oxygen atoms in total. The maximum atomic E-state index is 12.5. The molecule has 3 rings (SSSR count). The lowest BCUT2D eigenvalue weighted by Crippen LogP contribution is -2.35. The summed E-state index contributed by atoms with van der Waals surface area (Å²) in [6, 6.07) is 14.7. The Balaban J connectivity index is 1.86. The molecule has 1 aliphatic rings. The van der Waals surface area contributed by atoms with Crippen LogP contribution in [-0.4, -0.2) is 18.9 Å². The van der Waals surface area contributed by atoms with Crippen molar-refractivity contribution < 1.29 is 14.3 Å². The fourth-order valence-corrected chi connectivity index (χ4v) is 2.49. The molecule has 0 aliphatic carbocycles. The highest BCUT2D eigenvalue weighted by Crippen LogP contribution is 2.22. The number of carbonyl (C=O) groups excluding carboxylic acids is 2. The number of hydrazine groups is 1. The van der Waals surface area contributed by atoms with Crippen LogP contribution in [0, 0.1) is 0 Å². The standard InChI is InChI=1S/C19H18N2O3/c1-3-13-4-8-15(9-5-13)21-19(23)17(18(22)20-21)12-14-6-10-16(24-2)11-7-14/h4-12H,3H2,1-2H3,(H,20,22). The van der Waals surface area contributed by atoms with Crippen LogP contribution in [0.1, 0.15) is 18.1 Å². The smallest absolute Gasteiger partial charge is 0.282 e. The molecule has 0 spiro atoms. The zero-order chi connectivity index (χ0) is 17.1. The molecule has 5 heteroatoms. The van der Waals surface area contributed by atoms with Crippen molar-refractivity contribution in [1.29, 1.82) is 0 Å². The van der Waals surface area contributed by atoms with E-state index in [1.54, 1.807) is 37.5 Å². The number of hydrogen-bond acceptors (Lipinski definition) is 3. The highest BCUT2D eigenvalue weighted by Gasteiger charge is 2.34. The first kappa shape index (κ1) is 15.8. The molecule has 0 unspecified atom stereocenters. The summed E-state index contributed by atoms with van der Waals surface area (Å²) in [5, 5.41) is 1.27. The van der Waals surface area contributed by atoms with Crippen LogP contribution in [-0.2, 0) is 16.0 Å². The van der Waals surface area contributed by atoms with Gasteiger partial charge < -0.3 is 4.74 Å². The molecule has 1 saturated heterocycles. The predicted octanol–water partition coefficient (Wildman–Crippen LogP) is 2.72. The van der Waals surface area contributed by atoms with Crippen LogP contribution in [0.25, 0.3) is 6.08 Å². The van der Waals surface area contributed by atoms with E-state index in [0.29, 0.717) is 5.69 Å². The molecule has 2 amide bonds. The van der Waals surface area contributed by atoms with Crippen LogP contribution in [0.3, 0.4) is 0 Å². The van der Waals surface area contributed by atoms with Crippen molar-refractivity contribution in [3.8, 4) is 5.75 Å².